The number of likely N-dealkylation sites (N-methyl/N-ethyl adjacent to an activating group) is 1. The summed E-state index contributed by atoms with van der Waals surface area (Å²) in [6, 6.07) is -0.914. The Labute approximate surface area is 83.6 Å². The van der Waals surface area contributed by atoms with E-state index < -0.39 is 27.1 Å². The molecule has 0 saturated carbocycles. The van der Waals surface area contributed by atoms with Crippen molar-refractivity contribution in [2.24, 2.45) is 0 Å². The Hall–Kier alpha value is -0.620. The van der Waals surface area contributed by atoms with E-state index in [-0.39, 0.29) is 5.75 Å². The number of carbonyl (C=O) groups is 1. The van der Waals surface area contributed by atoms with Gasteiger partial charge in [-0.15, -0.1) is 0 Å². The minimum atomic E-state index is -3.20. The van der Waals surface area contributed by atoms with Gasteiger partial charge in [-0.2, -0.15) is 0 Å². The highest BCUT2D eigenvalue weighted by Crippen LogP contribution is 2.25. The maximum Gasteiger partial charge on any atom is 0.322 e. The summed E-state index contributed by atoms with van der Waals surface area (Å²) in [5.74, 6) is -0.944. The molecule has 0 aromatic carbocycles. The molecule has 2 atom stereocenters. The smallest absolute Gasteiger partial charge is 0.322 e. The zero-order valence-corrected chi connectivity index (χ0v) is 9.12. The van der Waals surface area contributed by atoms with Crippen molar-refractivity contribution in [3.05, 3.63) is 0 Å². The van der Waals surface area contributed by atoms with Gasteiger partial charge in [0.25, 0.3) is 0 Å². The molecule has 0 radical (unpaired) electrons. The molecular weight excluding hydrogens is 206 g/mol. The summed E-state index contributed by atoms with van der Waals surface area (Å²) >= 11 is 0. The fourth-order valence-corrected chi connectivity index (χ4v) is 4.03. The van der Waals surface area contributed by atoms with Crippen molar-refractivity contribution in [3.63, 3.8) is 0 Å². The fourth-order valence-electron chi connectivity index (χ4n) is 1.88. The summed E-state index contributed by atoms with van der Waals surface area (Å²) < 4.78 is 23.0. The lowest BCUT2D eigenvalue weighted by Gasteiger charge is -2.24. The molecule has 1 aliphatic rings. The number of aliphatic carboxylic acids is 1. The number of carboxylic acid groups (broad SMARTS) is 1. The van der Waals surface area contributed by atoms with E-state index in [1.807, 2.05) is 0 Å². The van der Waals surface area contributed by atoms with Crippen LogP contribution in [0.3, 0.4) is 0 Å². The molecule has 6 heteroatoms. The molecule has 5 nitrogen and oxygen atoms in total. The first-order chi connectivity index (χ1) is 6.36. The molecule has 0 aromatic heterocycles. The van der Waals surface area contributed by atoms with Gasteiger partial charge in [0.2, 0.25) is 0 Å². The molecule has 2 unspecified atom stereocenters. The minimum absolute atomic E-state index is 0.120. The molecule has 0 amide bonds. The Kier molecular flexibility index (Phi) is 3.16. The van der Waals surface area contributed by atoms with Gasteiger partial charge in [0, 0.05) is 0 Å². The second kappa shape index (κ2) is 3.86. The number of nitrogens with zero attached hydrogens (tertiary/aromatic N) is 1. The fraction of sp³-hybridized carbons (Fsp3) is 0.875. The molecule has 82 valence electrons. The molecule has 0 aromatic rings. The van der Waals surface area contributed by atoms with E-state index in [2.05, 4.69) is 0 Å². The molecule has 1 rings (SSSR count). The van der Waals surface area contributed by atoms with Crippen LogP contribution in [-0.2, 0) is 14.6 Å². The van der Waals surface area contributed by atoms with Gasteiger partial charge < -0.3 is 5.11 Å². The zero-order valence-electron chi connectivity index (χ0n) is 8.30. The third kappa shape index (κ3) is 2.06. The standard InChI is InChI=1S/C8H15NO4S/c1-9(2)7(8(10)11)6-4-3-5-14(6,12)13/h6-7H,3-5H2,1-2H3,(H,10,11). The van der Waals surface area contributed by atoms with Crippen LogP contribution >= 0.6 is 0 Å². The van der Waals surface area contributed by atoms with Crippen molar-refractivity contribution in [2.75, 3.05) is 19.8 Å². The lowest BCUT2D eigenvalue weighted by atomic mass is 10.1. The molecule has 1 saturated heterocycles. The van der Waals surface area contributed by atoms with Crippen molar-refractivity contribution in [1.29, 1.82) is 0 Å². The highest BCUT2D eigenvalue weighted by Gasteiger charge is 2.42. The van der Waals surface area contributed by atoms with Crippen LogP contribution in [-0.4, -0.2) is 55.5 Å². The van der Waals surface area contributed by atoms with E-state index in [0.717, 1.165) is 0 Å². The number of rotatable bonds is 3. The van der Waals surface area contributed by atoms with Crippen LogP contribution in [0.15, 0.2) is 0 Å². The average molecular weight is 221 g/mol. The topological polar surface area (TPSA) is 74.7 Å². The summed E-state index contributed by atoms with van der Waals surface area (Å²) in [4.78, 5) is 12.4. The van der Waals surface area contributed by atoms with E-state index >= 15 is 0 Å². The normalized spacial score (nSPS) is 27.8. The molecule has 1 N–H and O–H groups in total. The number of sulfone groups is 1. The predicted octanol–water partition coefficient (Wildman–Crippen LogP) is -0.422. The van der Waals surface area contributed by atoms with Crippen molar-refractivity contribution >= 4 is 15.8 Å². The summed E-state index contributed by atoms with van der Waals surface area (Å²) in [7, 11) is -0.0190. The lowest BCUT2D eigenvalue weighted by Crippen LogP contribution is -2.47. The van der Waals surface area contributed by atoms with Gasteiger partial charge in [-0.25, -0.2) is 8.42 Å². The first kappa shape index (κ1) is 11.5. The lowest BCUT2D eigenvalue weighted by molar-refractivity contribution is -0.142. The van der Waals surface area contributed by atoms with Gasteiger partial charge in [-0.3, -0.25) is 9.69 Å². The Balaban J connectivity index is 2.95. The second-order valence-electron chi connectivity index (χ2n) is 3.79. The predicted molar refractivity (Wildman–Crippen MR) is 51.9 cm³/mol. The van der Waals surface area contributed by atoms with Crippen LogP contribution in [0.5, 0.6) is 0 Å². The van der Waals surface area contributed by atoms with Crippen molar-refractivity contribution in [1.82, 2.24) is 4.90 Å². The molecular formula is C8H15NO4S. The minimum Gasteiger partial charge on any atom is -0.480 e. The van der Waals surface area contributed by atoms with Gasteiger partial charge >= 0.3 is 5.97 Å². The largest absolute Gasteiger partial charge is 0.480 e. The molecule has 0 bridgehead atoms. The Morgan fingerprint density at radius 1 is 1.50 bits per heavy atom. The van der Waals surface area contributed by atoms with Crippen molar-refractivity contribution in [2.45, 2.75) is 24.1 Å². The van der Waals surface area contributed by atoms with Gasteiger partial charge in [-0.1, -0.05) is 0 Å². The summed E-state index contributed by atoms with van der Waals surface area (Å²) in [5.41, 5.74) is 0. The first-order valence-corrected chi connectivity index (χ1v) is 6.18. The maximum atomic E-state index is 11.5. The Bertz CT molecular complexity index is 322. The quantitative estimate of drug-likeness (QED) is 0.700. The monoisotopic (exact) mass is 221 g/mol. The number of hydrogen-bond acceptors (Lipinski definition) is 4. The molecule has 1 heterocycles. The Morgan fingerprint density at radius 3 is 2.36 bits per heavy atom. The van der Waals surface area contributed by atoms with Crippen LogP contribution in [0.2, 0.25) is 0 Å². The summed E-state index contributed by atoms with van der Waals surface area (Å²) in [6.07, 6.45) is 1.03. The second-order valence-corrected chi connectivity index (χ2v) is 6.13. The maximum absolute atomic E-state index is 11.5. The molecule has 0 spiro atoms. The van der Waals surface area contributed by atoms with Crippen LogP contribution < -0.4 is 0 Å². The summed E-state index contributed by atoms with van der Waals surface area (Å²) in [6.45, 7) is 0. The molecule has 1 aliphatic heterocycles. The molecule has 14 heavy (non-hydrogen) atoms. The van der Waals surface area contributed by atoms with E-state index in [1.54, 1.807) is 14.1 Å². The van der Waals surface area contributed by atoms with Crippen molar-refractivity contribution < 1.29 is 18.3 Å². The highest BCUT2D eigenvalue weighted by molar-refractivity contribution is 7.92. The molecule has 0 aliphatic carbocycles. The highest BCUT2D eigenvalue weighted by atomic mass is 32.2. The molecule has 1 fully saturated rings. The zero-order chi connectivity index (χ0) is 10.9. The van der Waals surface area contributed by atoms with Crippen LogP contribution in [0.1, 0.15) is 12.8 Å². The van der Waals surface area contributed by atoms with Crippen LogP contribution in [0.25, 0.3) is 0 Å². The third-order valence-electron chi connectivity index (χ3n) is 2.54. The van der Waals surface area contributed by atoms with Gasteiger partial charge in [-0.05, 0) is 26.9 Å². The number of carboxylic acids is 1. The van der Waals surface area contributed by atoms with Crippen LogP contribution in [0, 0.1) is 0 Å². The van der Waals surface area contributed by atoms with E-state index in [1.165, 1.54) is 4.90 Å². The Morgan fingerprint density at radius 2 is 2.07 bits per heavy atom. The SMILES string of the molecule is CN(C)C(C(=O)O)C1CCCS1(=O)=O. The number of hydrogen-bond donors (Lipinski definition) is 1. The van der Waals surface area contributed by atoms with Gasteiger partial charge in [0.15, 0.2) is 9.84 Å². The van der Waals surface area contributed by atoms with Crippen LogP contribution in [0.4, 0.5) is 0 Å². The third-order valence-corrected chi connectivity index (χ3v) is 4.81. The van der Waals surface area contributed by atoms with E-state index in [4.69, 9.17) is 5.11 Å². The van der Waals surface area contributed by atoms with Crippen molar-refractivity contribution in [3.8, 4) is 0 Å². The van der Waals surface area contributed by atoms with Gasteiger partial charge in [0.1, 0.15) is 6.04 Å². The van der Waals surface area contributed by atoms with E-state index in [9.17, 15) is 13.2 Å². The average Bonchev–Trinajstić information content (AvgIpc) is 2.29. The summed E-state index contributed by atoms with van der Waals surface area (Å²) in [5, 5.41) is 8.19. The van der Waals surface area contributed by atoms with Gasteiger partial charge in [0.05, 0.1) is 11.0 Å². The van der Waals surface area contributed by atoms with E-state index in [0.29, 0.717) is 12.8 Å². The first-order valence-electron chi connectivity index (χ1n) is 4.47.